The van der Waals surface area contributed by atoms with Gasteiger partial charge in [0.25, 0.3) is 0 Å². The third-order valence-corrected chi connectivity index (χ3v) is 3.28. The highest BCUT2D eigenvalue weighted by Crippen LogP contribution is 2.27. The van der Waals surface area contributed by atoms with Crippen LogP contribution >= 0.6 is 11.6 Å². The minimum atomic E-state index is -1.48. The Kier molecular flexibility index (Phi) is 3.76. The predicted molar refractivity (Wildman–Crippen MR) is 64.3 cm³/mol. The molecule has 3 heteroatoms. The molecular weight excluding hydrogens is 212 g/mol. The Bertz CT molecular complexity index is 306. The summed E-state index contributed by atoms with van der Waals surface area (Å²) in [6, 6.07) is 7.85. The van der Waals surface area contributed by atoms with Crippen molar-refractivity contribution in [2.45, 2.75) is 32.7 Å². The Morgan fingerprint density at radius 1 is 1.21 bits per heavy atom. The molecule has 1 nitrogen and oxygen atoms in total. The first-order chi connectivity index (χ1) is 6.40. The summed E-state index contributed by atoms with van der Waals surface area (Å²) in [6.45, 7) is 8.60. The normalized spacial score (nSPS) is 14.1. The van der Waals surface area contributed by atoms with E-state index in [4.69, 9.17) is 16.0 Å². The Morgan fingerprint density at radius 2 is 1.79 bits per heavy atom. The number of hydrogen-bond acceptors (Lipinski definition) is 1. The zero-order chi connectivity index (χ0) is 10.8. The molecule has 0 radical (unpaired) electrons. The van der Waals surface area contributed by atoms with Crippen molar-refractivity contribution >= 4 is 19.9 Å². The summed E-state index contributed by atoms with van der Waals surface area (Å²) in [4.78, 5) is 0. The molecule has 1 rings (SSSR count). The molecule has 0 fully saturated rings. The van der Waals surface area contributed by atoms with E-state index in [0.717, 1.165) is 10.6 Å². The minimum absolute atomic E-state index is 0.0929. The van der Waals surface area contributed by atoms with E-state index >= 15 is 0 Å². The second-order valence-corrected chi connectivity index (χ2v) is 9.26. The first-order valence-corrected chi connectivity index (χ1v) is 8.61. The lowest BCUT2D eigenvalue weighted by atomic mass is 10.1. The maximum Gasteiger partial charge on any atom is 0.184 e. The molecule has 0 heterocycles. The van der Waals surface area contributed by atoms with E-state index < -0.39 is 8.32 Å². The summed E-state index contributed by atoms with van der Waals surface area (Å²) in [6.07, 6.45) is 0.0929. The van der Waals surface area contributed by atoms with E-state index in [-0.39, 0.29) is 6.10 Å². The molecule has 14 heavy (non-hydrogen) atoms. The van der Waals surface area contributed by atoms with Gasteiger partial charge in [0.2, 0.25) is 0 Å². The van der Waals surface area contributed by atoms with Gasteiger partial charge in [-0.15, -0.1) is 0 Å². The van der Waals surface area contributed by atoms with Gasteiger partial charge < -0.3 is 4.43 Å². The highest BCUT2D eigenvalue weighted by Gasteiger charge is 2.20. The highest BCUT2D eigenvalue weighted by atomic mass is 35.5. The fourth-order valence-electron chi connectivity index (χ4n) is 1.40. The van der Waals surface area contributed by atoms with Crippen molar-refractivity contribution in [3.63, 3.8) is 0 Å². The maximum atomic E-state index is 6.08. The topological polar surface area (TPSA) is 9.23 Å². The minimum Gasteiger partial charge on any atom is -0.411 e. The van der Waals surface area contributed by atoms with Crippen LogP contribution in [0.2, 0.25) is 24.7 Å². The number of halogens is 1. The Balaban J connectivity index is 2.80. The van der Waals surface area contributed by atoms with Gasteiger partial charge in [-0.1, -0.05) is 29.8 Å². The van der Waals surface area contributed by atoms with Crippen molar-refractivity contribution in [3.8, 4) is 0 Å². The van der Waals surface area contributed by atoms with Crippen molar-refractivity contribution in [2.75, 3.05) is 0 Å². The van der Waals surface area contributed by atoms with Crippen LogP contribution in [0.3, 0.4) is 0 Å². The molecule has 0 aliphatic rings. The van der Waals surface area contributed by atoms with E-state index in [2.05, 4.69) is 26.6 Å². The van der Waals surface area contributed by atoms with Crippen LogP contribution in [0.4, 0.5) is 0 Å². The zero-order valence-corrected chi connectivity index (χ0v) is 10.9. The van der Waals surface area contributed by atoms with Crippen molar-refractivity contribution < 1.29 is 4.43 Å². The van der Waals surface area contributed by atoms with Gasteiger partial charge in [-0.2, -0.15) is 0 Å². The van der Waals surface area contributed by atoms with E-state index in [0.29, 0.717) is 0 Å². The van der Waals surface area contributed by atoms with Crippen LogP contribution in [-0.4, -0.2) is 8.32 Å². The van der Waals surface area contributed by atoms with Crippen LogP contribution in [0.5, 0.6) is 0 Å². The molecule has 0 aliphatic carbocycles. The highest BCUT2D eigenvalue weighted by molar-refractivity contribution is 6.69. The van der Waals surface area contributed by atoms with Crippen molar-refractivity contribution in [1.82, 2.24) is 0 Å². The van der Waals surface area contributed by atoms with Gasteiger partial charge in [-0.25, -0.2) is 0 Å². The zero-order valence-electron chi connectivity index (χ0n) is 9.17. The Hall–Kier alpha value is -0.313. The molecule has 0 saturated carbocycles. The molecule has 0 spiro atoms. The van der Waals surface area contributed by atoms with E-state index in [1.807, 2.05) is 24.3 Å². The molecule has 78 valence electrons. The molecule has 0 bridgehead atoms. The Labute approximate surface area is 92.2 Å². The van der Waals surface area contributed by atoms with Crippen LogP contribution in [0.25, 0.3) is 0 Å². The molecule has 0 aliphatic heterocycles. The standard InChI is InChI=1S/C11H17ClOSi/c1-9(13-14(2,3)4)10-7-5-6-8-11(10)12/h5-9H,1-4H3. The number of benzene rings is 1. The van der Waals surface area contributed by atoms with E-state index in [1.54, 1.807) is 0 Å². The quantitative estimate of drug-likeness (QED) is 0.703. The molecule has 0 N–H and O–H groups in total. The monoisotopic (exact) mass is 228 g/mol. The van der Waals surface area contributed by atoms with Crippen molar-refractivity contribution in [3.05, 3.63) is 34.9 Å². The molecule has 0 saturated heterocycles. The van der Waals surface area contributed by atoms with Crippen LogP contribution < -0.4 is 0 Å². The summed E-state index contributed by atoms with van der Waals surface area (Å²) in [5.41, 5.74) is 1.08. The Morgan fingerprint density at radius 3 is 2.29 bits per heavy atom. The van der Waals surface area contributed by atoms with Crippen LogP contribution in [0.1, 0.15) is 18.6 Å². The van der Waals surface area contributed by atoms with Gasteiger partial charge in [-0.05, 0) is 38.2 Å². The summed E-state index contributed by atoms with van der Waals surface area (Å²) >= 11 is 6.08. The van der Waals surface area contributed by atoms with E-state index in [9.17, 15) is 0 Å². The summed E-state index contributed by atoms with van der Waals surface area (Å²) in [7, 11) is -1.48. The maximum absolute atomic E-state index is 6.08. The lowest BCUT2D eigenvalue weighted by Gasteiger charge is -2.24. The molecule has 1 unspecified atom stereocenters. The molecule has 1 aromatic carbocycles. The predicted octanol–water partition coefficient (Wildman–Crippen LogP) is 4.25. The van der Waals surface area contributed by atoms with Gasteiger partial charge in [0.05, 0.1) is 6.10 Å². The van der Waals surface area contributed by atoms with Gasteiger partial charge in [0.1, 0.15) is 0 Å². The van der Waals surface area contributed by atoms with Gasteiger partial charge in [0, 0.05) is 5.02 Å². The summed E-state index contributed by atoms with van der Waals surface area (Å²) < 4.78 is 5.96. The van der Waals surface area contributed by atoms with Crippen LogP contribution in [0.15, 0.2) is 24.3 Å². The van der Waals surface area contributed by atoms with Gasteiger partial charge in [-0.3, -0.25) is 0 Å². The second-order valence-electron chi connectivity index (χ2n) is 4.39. The summed E-state index contributed by atoms with van der Waals surface area (Å²) in [5.74, 6) is 0. The van der Waals surface area contributed by atoms with E-state index in [1.165, 1.54) is 0 Å². The number of hydrogen-bond donors (Lipinski definition) is 0. The average molecular weight is 229 g/mol. The average Bonchev–Trinajstić information content (AvgIpc) is 2.01. The van der Waals surface area contributed by atoms with Crippen LogP contribution in [-0.2, 0) is 4.43 Å². The van der Waals surface area contributed by atoms with Gasteiger partial charge >= 0.3 is 0 Å². The smallest absolute Gasteiger partial charge is 0.184 e. The third-order valence-electron chi connectivity index (χ3n) is 1.87. The third kappa shape index (κ3) is 3.44. The molecule has 1 aromatic rings. The molecule has 0 amide bonds. The molecular formula is C11H17ClOSi. The lowest BCUT2D eigenvalue weighted by Crippen LogP contribution is -2.27. The first kappa shape index (κ1) is 11.8. The van der Waals surface area contributed by atoms with Crippen molar-refractivity contribution in [1.29, 1.82) is 0 Å². The summed E-state index contributed by atoms with van der Waals surface area (Å²) in [5, 5.41) is 0.790. The van der Waals surface area contributed by atoms with Crippen molar-refractivity contribution in [2.24, 2.45) is 0 Å². The lowest BCUT2D eigenvalue weighted by molar-refractivity contribution is 0.219. The van der Waals surface area contributed by atoms with Crippen LogP contribution in [0, 0.1) is 0 Å². The SMILES string of the molecule is CC(O[Si](C)(C)C)c1ccccc1Cl. The fourth-order valence-corrected chi connectivity index (χ4v) is 2.88. The second kappa shape index (κ2) is 4.47. The fraction of sp³-hybridized carbons (Fsp3) is 0.455. The van der Waals surface area contributed by atoms with Gasteiger partial charge in [0.15, 0.2) is 8.32 Å². The largest absolute Gasteiger partial charge is 0.411 e. The molecule has 0 aromatic heterocycles. The first-order valence-electron chi connectivity index (χ1n) is 4.82. The molecule has 1 atom stereocenters. The number of rotatable bonds is 3.